The summed E-state index contributed by atoms with van der Waals surface area (Å²) < 4.78 is 0. The van der Waals surface area contributed by atoms with Crippen molar-refractivity contribution >= 4 is 34.7 Å². The van der Waals surface area contributed by atoms with Crippen molar-refractivity contribution in [1.29, 1.82) is 0 Å². The van der Waals surface area contributed by atoms with Crippen molar-refractivity contribution < 1.29 is 0 Å². The van der Waals surface area contributed by atoms with Crippen molar-refractivity contribution in [3.05, 3.63) is 0 Å². The normalized spacial score (nSPS) is 50.1. The summed E-state index contributed by atoms with van der Waals surface area (Å²) in [4.78, 5) is 0. The third-order valence-electron chi connectivity index (χ3n) is 11.2. The average Bonchev–Trinajstić information content (AvgIpc) is 2.72. The molecular weight excluding hydrogens is 456 g/mol. The van der Waals surface area contributed by atoms with Crippen molar-refractivity contribution in [3.8, 4) is 0 Å². The van der Waals surface area contributed by atoms with Crippen LogP contribution in [0, 0.1) is 35.5 Å². The molecule has 0 amide bonds. The molecule has 4 N–H and O–H groups in total. The minimum Gasteiger partial charge on any atom is -0.358 e. The van der Waals surface area contributed by atoms with E-state index >= 15 is 0 Å². The zero-order valence-corrected chi connectivity index (χ0v) is 22.4. The van der Waals surface area contributed by atoms with Crippen molar-refractivity contribution in [3.63, 3.8) is 0 Å². The molecule has 9 aliphatic carbocycles. The van der Waals surface area contributed by atoms with Crippen LogP contribution in [0.3, 0.4) is 0 Å². The van der Waals surface area contributed by atoms with Crippen LogP contribution < -0.4 is 21.3 Å². The molecule has 0 heterocycles. The van der Waals surface area contributed by atoms with E-state index in [2.05, 4.69) is 21.3 Å². The first-order valence-corrected chi connectivity index (χ1v) is 15.4. The third kappa shape index (κ3) is 4.27. The largest absolute Gasteiger partial charge is 0.358 e. The van der Waals surface area contributed by atoms with Crippen LogP contribution in [0.15, 0.2) is 0 Å². The highest BCUT2D eigenvalue weighted by Gasteiger charge is 2.52. The maximum absolute atomic E-state index is 5.94. The predicted molar refractivity (Wildman–Crippen MR) is 146 cm³/mol. The minimum atomic E-state index is 0.284. The monoisotopic (exact) mass is 500 g/mol. The highest BCUT2D eigenvalue weighted by Crippen LogP contribution is 2.56. The van der Waals surface area contributed by atoms with Gasteiger partial charge in [0.25, 0.3) is 0 Å². The van der Waals surface area contributed by atoms with Gasteiger partial charge in [0.2, 0.25) is 0 Å². The van der Waals surface area contributed by atoms with Gasteiger partial charge in [-0.15, -0.1) is 0 Å². The van der Waals surface area contributed by atoms with Gasteiger partial charge >= 0.3 is 0 Å². The number of hydrogen-bond acceptors (Lipinski definition) is 2. The Morgan fingerprint density at radius 3 is 1.09 bits per heavy atom. The first-order chi connectivity index (χ1) is 16.4. The minimum absolute atomic E-state index is 0.284. The van der Waals surface area contributed by atoms with E-state index in [0.717, 1.165) is 45.7 Å². The molecular formula is C28H44N4S2. The average molecular weight is 501 g/mol. The van der Waals surface area contributed by atoms with E-state index < -0.39 is 0 Å². The quantitative estimate of drug-likeness (QED) is 0.400. The van der Waals surface area contributed by atoms with Crippen molar-refractivity contribution in [1.82, 2.24) is 21.3 Å². The van der Waals surface area contributed by atoms with Gasteiger partial charge in [0, 0.05) is 23.2 Å². The molecule has 0 aliphatic heterocycles. The van der Waals surface area contributed by atoms with Gasteiger partial charge < -0.3 is 21.3 Å². The van der Waals surface area contributed by atoms with E-state index in [1.165, 1.54) is 103 Å². The first kappa shape index (κ1) is 22.6. The van der Waals surface area contributed by atoms with Gasteiger partial charge in [-0.25, -0.2) is 0 Å². The summed E-state index contributed by atoms with van der Waals surface area (Å²) in [5, 5.41) is 17.2. The zero-order valence-electron chi connectivity index (χ0n) is 20.7. The fourth-order valence-electron chi connectivity index (χ4n) is 10.9. The Balaban J connectivity index is 0.961. The summed E-state index contributed by atoms with van der Waals surface area (Å²) in [7, 11) is 0. The fraction of sp³-hybridized carbons (Fsp3) is 0.929. The van der Waals surface area contributed by atoms with E-state index in [4.69, 9.17) is 24.4 Å². The third-order valence-corrected chi connectivity index (χ3v) is 11.7. The second kappa shape index (κ2) is 8.46. The van der Waals surface area contributed by atoms with E-state index in [9.17, 15) is 0 Å². The van der Waals surface area contributed by atoms with Crippen LogP contribution in [0.5, 0.6) is 0 Å². The Morgan fingerprint density at radius 2 is 0.794 bits per heavy atom. The molecule has 6 heteroatoms. The number of rotatable bonds is 4. The molecule has 2 atom stereocenters. The lowest BCUT2D eigenvalue weighted by Gasteiger charge is -2.57. The molecule has 0 saturated heterocycles. The number of hydrogen-bond donors (Lipinski definition) is 4. The topological polar surface area (TPSA) is 48.1 Å². The summed E-state index contributed by atoms with van der Waals surface area (Å²) in [5.41, 5.74) is 0.567. The Morgan fingerprint density at radius 1 is 0.500 bits per heavy atom. The molecule has 9 rings (SSSR count). The SMILES string of the molecule is S=C(N[C@H]1CCCC[C@H]1NC(=S)NC12CC3CC(CC(C3)C1)C2)NC12CC3CC(CC(C3)C1)C2. The van der Waals surface area contributed by atoms with Gasteiger partial charge in [0.05, 0.1) is 0 Å². The van der Waals surface area contributed by atoms with Gasteiger partial charge in [-0.1, -0.05) is 12.8 Å². The molecule has 9 saturated carbocycles. The highest BCUT2D eigenvalue weighted by molar-refractivity contribution is 7.80. The molecule has 8 bridgehead atoms. The van der Waals surface area contributed by atoms with Crippen LogP contribution in [0.25, 0.3) is 0 Å². The van der Waals surface area contributed by atoms with Gasteiger partial charge in [0.1, 0.15) is 0 Å². The molecule has 0 spiro atoms. The molecule has 9 aliphatic rings. The Bertz CT molecular complexity index is 702. The standard InChI is InChI=1S/C28H44N4S2/c33-25(31-27-11-17-5-18(12-27)7-19(6-17)13-27)29-23-3-1-2-4-24(23)30-26(34)32-28-14-20-8-21(15-28)10-22(9-20)16-28/h17-24H,1-16H2,(H2,29,31,33)(H2,30,32,34)/t17?,18?,19?,20?,21?,22?,23-,24+,27?,28?. The van der Waals surface area contributed by atoms with Gasteiger partial charge in [-0.3, -0.25) is 0 Å². The summed E-state index contributed by atoms with van der Waals surface area (Å²) >= 11 is 11.9. The Hall–Kier alpha value is -0.620. The van der Waals surface area contributed by atoms with Crippen LogP contribution >= 0.6 is 24.4 Å². The summed E-state index contributed by atoms with van der Waals surface area (Å²) in [6, 6.07) is 0.748. The lowest BCUT2D eigenvalue weighted by Crippen LogP contribution is -2.65. The second-order valence-corrected chi connectivity index (χ2v) is 14.9. The van der Waals surface area contributed by atoms with Crippen LogP contribution in [-0.4, -0.2) is 33.4 Å². The van der Waals surface area contributed by atoms with E-state index in [1.54, 1.807) is 0 Å². The summed E-state index contributed by atoms with van der Waals surface area (Å²) in [6.07, 6.45) is 21.8. The molecule has 9 fully saturated rings. The molecule has 0 unspecified atom stereocenters. The number of nitrogens with one attached hydrogen (secondary N) is 4. The lowest BCUT2D eigenvalue weighted by atomic mass is 9.53. The van der Waals surface area contributed by atoms with E-state index in [-0.39, 0.29) is 11.1 Å². The van der Waals surface area contributed by atoms with Crippen LogP contribution in [-0.2, 0) is 0 Å². The van der Waals surface area contributed by atoms with Crippen molar-refractivity contribution in [2.24, 2.45) is 35.5 Å². The molecule has 34 heavy (non-hydrogen) atoms. The van der Waals surface area contributed by atoms with Gasteiger partial charge in [-0.2, -0.15) is 0 Å². The molecule has 0 radical (unpaired) electrons. The predicted octanol–water partition coefficient (Wildman–Crippen LogP) is 5.16. The van der Waals surface area contributed by atoms with Gasteiger partial charge in [-0.05, 0) is 150 Å². The highest BCUT2D eigenvalue weighted by atomic mass is 32.1. The van der Waals surface area contributed by atoms with Crippen LogP contribution in [0.2, 0.25) is 0 Å². The van der Waals surface area contributed by atoms with Crippen LogP contribution in [0.1, 0.15) is 103 Å². The molecule has 4 nitrogen and oxygen atoms in total. The Kier molecular flexibility index (Phi) is 5.62. The molecule has 0 aromatic rings. The van der Waals surface area contributed by atoms with Crippen LogP contribution in [0.4, 0.5) is 0 Å². The number of thiocarbonyl (C=S) groups is 2. The Labute approximate surface area is 216 Å². The lowest BCUT2D eigenvalue weighted by molar-refractivity contribution is -0.0107. The smallest absolute Gasteiger partial charge is 0.167 e. The van der Waals surface area contributed by atoms with E-state index in [0.29, 0.717) is 12.1 Å². The van der Waals surface area contributed by atoms with Crippen molar-refractivity contribution in [2.75, 3.05) is 0 Å². The maximum atomic E-state index is 5.94. The van der Waals surface area contributed by atoms with Gasteiger partial charge in [0.15, 0.2) is 10.2 Å². The molecule has 188 valence electrons. The van der Waals surface area contributed by atoms with E-state index in [1.807, 2.05) is 0 Å². The summed E-state index contributed by atoms with van der Waals surface area (Å²) in [5.74, 6) is 5.66. The molecule has 0 aromatic heterocycles. The second-order valence-electron chi connectivity index (χ2n) is 14.1. The fourth-order valence-corrected chi connectivity index (χ4v) is 11.6. The maximum Gasteiger partial charge on any atom is 0.167 e. The first-order valence-electron chi connectivity index (χ1n) is 14.6. The van der Waals surface area contributed by atoms with Crippen molar-refractivity contribution in [2.45, 2.75) is 126 Å². The molecule has 0 aromatic carbocycles. The zero-order chi connectivity index (χ0) is 22.9. The summed E-state index contributed by atoms with van der Waals surface area (Å²) in [6.45, 7) is 0.